The first-order chi connectivity index (χ1) is 14.2. The lowest BCUT2D eigenvalue weighted by atomic mass is 10.0. The predicted octanol–water partition coefficient (Wildman–Crippen LogP) is 3.71. The Hall–Kier alpha value is -3.91. The Morgan fingerprint density at radius 2 is 2.07 bits per heavy atom. The zero-order valence-electron chi connectivity index (χ0n) is 16.1. The van der Waals surface area contributed by atoms with Gasteiger partial charge in [-0.1, -0.05) is 6.07 Å². The van der Waals surface area contributed by atoms with E-state index in [0.717, 1.165) is 12.1 Å². The van der Waals surface area contributed by atoms with Crippen LogP contribution in [0.3, 0.4) is 0 Å². The Bertz CT molecular complexity index is 1130. The smallest absolute Gasteiger partial charge is 0.289 e. The lowest BCUT2D eigenvalue weighted by Gasteiger charge is -2.20. The number of halogens is 1. The van der Waals surface area contributed by atoms with Gasteiger partial charge in [-0.25, -0.2) is 4.39 Å². The minimum absolute atomic E-state index is 0.0255. The number of ketones is 1. The molecule has 1 aromatic carbocycles. The molecule has 2 heterocycles. The average Bonchev–Trinajstić information content (AvgIpc) is 3.28. The van der Waals surface area contributed by atoms with Gasteiger partial charge in [0.15, 0.2) is 11.5 Å². The van der Waals surface area contributed by atoms with Crippen molar-refractivity contribution in [3.8, 4) is 0 Å². The summed E-state index contributed by atoms with van der Waals surface area (Å²) in [4.78, 5) is 40.4. The largest absolute Gasteiger partial charge is 0.503 e. The van der Waals surface area contributed by atoms with E-state index in [9.17, 15) is 23.9 Å². The fourth-order valence-electron chi connectivity index (χ4n) is 3.11. The highest BCUT2D eigenvalue weighted by molar-refractivity contribution is 6.14. The molecule has 0 fully saturated rings. The van der Waals surface area contributed by atoms with Crippen LogP contribution in [0.5, 0.6) is 0 Å². The van der Waals surface area contributed by atoms with E-state index in [1.54, 1.807) is 13.8 Å². The number of benzene rings is 1. The van der Waals surface area contributed by atoms with E-state index < -0.39 is 29.2 Å². The third kappa shape index (κ3) is 3.94. The fraction of sp³-hybridized carbons (Fsp3) is 0.250. The molecule has 3 rings (SSSR count). The van der Waals surface area contributed by atoms with E-state index in [1.165, 1.54) is 23.1 Å². The SMILES string of the molecule is CC(C)N1CC(C(=O)c2ccc(Cc3ccc(F)cc3C(=O)N=[N+]=[N-])o2)=C(O)C1=O. The molecule has 0 unspecified atom stereocenters. The summed E-state index contributed by atoms with van der Waals surface area (Å²) in [5.41, 5.74) is 8.61. The highest BCUT2D eigenvalue weighted by atomic mass is 19.1. The van der Waals surface area contributed by atoms with E-state index in [1.807, 2.05) is 0 Å². The van der Waals surface area contributed by atoms with Crippen LogP contribution in [0.1, 0.15) is 46.1 Å². The van der Waals surface area contributed by atoms with Gasteiger partial charge in [0.05, 0.1) is 12.1 Å². The normalized spacial score (nSPS) is 13.7. The number of carbonyl (C=O) groups is 3. The summed E-state index contributed by atoms with van der Waals surface area (Å²) in [6, 6.07) is 6.14. The molecule has 30 heavy (non-hydrogen) atoms. The van der Waals surface area contributed by atoms with Crippen LogP contribution in [0.2, 0.25) is 0 Å². The van der Waals surface area contributed by atoms with Crippen molar-refractivity contribution in [2.75, 3.05) is 6.54 Å². The van der Waals surface area contributed by atoms with Crippen molar-refractivity contribution in [2.24, 2.45) is 5.11 Å². The number of Topliss-reactive ketones (excluding diaryl/α,β-unsaturated/α-hetero) is 1. The van der Waals surface area contributed by atoms with E-state index in [4.69, 9.17) is 9.95 Å². The zero-order chi connectivity index (χ0) is 22.0. The van der Waals surface area contributed by atoms with Crippen LogP contribution < -0.4 is 0 Å². The summed E-state index contributed by atoms with van der Waals surface area (Å²) in [5, 5.41) is 13.0. The molecule has 9 nitrogen and oxygen atoms in total. The molecular formula is C20H17FN4O5. The number of aliphatic hydroxyl groups is 1. The van der Waals surface area contributed by atoms with Crippen LogP contribution in [0.15, 0.2) is 51.2 Å². The Morgan fingerprint density at radius 1 is 1.33 bits per heavy atom. The second kappa shape index (κ2) is 8.22. The van der Waals surface area contributed by atoms with Crippen LogP contribution in [-0.2, 0) is 11.2 Å². The minimum atomic E-state index is -0.942. The third-order valence-electron chi connectivity index (χ3n) is 4.66. The number of azide groups is 1. The Kier molecular flexibility index (Phi) is 5.70. The summed E-state index contributed by atoms with van der Waals surface area (Å²) < 4.78 is 19.0. The molecular weight excluding hydrogens is 395 g/mol. The van der Waals surface area contributed by atoms with Gasteiger partial charge in [0.25, 0.3) is 5.91 Å². The van der Waals surface area contributed by atoms with Gasteiger partial charge in [-0.15, -0.1) is 0 Å². The minimum Gasteiger partial charge on any atom is -0.503 e. The molecule has 10 heteroatoms. The number of nitrogens with zero attached hydrogens (tertiary/aromatic N) is 4. The van der Waals surface area contributed by atoms with Gasteiger partial charge in [-0.05, 0) is 54.3 Å². The second-order valence-electron chi connectivity index (χ2n) is 6.92. The van der Waals surface area contributed by atoms with E-state index in [0.29, 0.717) is 5.56 Å². The molecule has 1 aliphatic rings. The number of aliphatic hydroxyl groups excluding tert-OH is 1. The van der Waals surface area contributed by atoms with Crippen molar-refractivity contribution in [2.45, 2.75) is 26.3 Å². The lowest BCUT2D eigenvalue weighted by Crippen LogP contribution is -2.34. The maximum Gasteiger partial charge on any atom is 0.289 e. The average molecular weight is 412 g/mol. The number of hydrogen-bond acceptors (Lipinski definition) is 5. The molecule has 2 amide bonds. The van der Waals surface area contributed by atoms with Gasteiger partial charge in [0.1, 0.15) is 11.6 Å². The molecule has 2 aromatic rings. The molecule has 0 bridgehead atoms. The summed E-state index contributed by atoms with van der Waals surface area (Å²) in [5.74, 6) is -3.27. The second-order valence-corrected chi connectivity index (χ2v) is 6.92. The molecule has 0 radical (unpaired) electrons. The first kappa shape index (κ1) is 20.8. The van der Waals surface area contributed by atoms with Gasteiger partial charge in [-0.3, -0.25) is 14.4 Å². The standard InChI is InChI=1S/C20H17FN4O5/c1-10(2)25-9-15(18(27)20(25)29)17(26)16-6-5-13(30-16)7-11-3-4-12(21)8-14(11)19(28)23-24-22/h3-6,8,10,27H,7,9H2,1-2H3. The van der Waals surface area contributed by atoms with Crippen LogP contribution in [-0.4, -0.2) is 40.2 Å². The van der Waals surface area contributed by atoms with E-state index in [2.05, 4.69) is 10.0 Å². The van der Waals surface area contributed by atoms with Gasteiger partial charge < -0.3 is 14.4 Å². The summed E-state index contributed by atoms with van der Waals surface area (Å²) >= 11 is 0. The fourth-order valence-corrected chi connectivity index (χ4v) is 3.11. The van der Waals surface area contributed by atoms with Crippen molar-refractivity contribution in [1.29, 1.82) is 0 Å². The predicted molar refractivity (Wildman–Crippen MR) is 102 cm³/mol. The number of carbonyl (C=O) groups excluding carboxylic acids is 3. The molecule has 0 saturated carbocycles. The van der Waals surface area contributed by atoms with Gasteiger partial charge in [-0.2, -0.15) is 0 Å². The van der Waals surface area contributed by atoms with Gasteiger partial charge >= 0.3 is 0 Å². The molecule has 1 aromatic heterocycles. The molecule has 0 spiro atoms. The van der Waals surface area contributed by atoms with Crippen molar-refractivity contribution in [3.05, 3.63) is 80.6 Å². The quantitative estimate of drug-likeness (QED) is 0.334. The maximum atomic E-state index is 13.5. The topological polar surface area (TPSA) is 137 Å². The van der Waals surface area contributed by atoms with Crippen LogP contribution >= 0.6 is 0 Å². The molecule has 154 valence electrons. The summed E-state index contributed by atoms with van der Waals surface area (Å²) in [6.07, 6.45) is 0.0255. The lowest BCUT2D eigenvalue weighted by molar-refractivity contribution is -0.129. The zero-order valence-corrected chi connectivity index (χ0v) is 16.1. The number of amides is 2. The Labute approximate surface area is 170 Å². The summed E-state index contributed by atoms with van der Waals surface area (Å²) in [6.45, 7) is 3.50. The van der Waals surface area contributed by atoms with Crippen molar-refractivity contribution in [1.82, 2.24) is 4.90 Å². The molecule has 0 saturated heterocycles. The van der Waals surface area contributed by atoms with Crippen molar-refractivity contribution in [3.63, 3.8) is 0 Å². The van der Waals surface area contributed by atoms with Crippen LogP contribution in [0.4, 0.5) is 4.39 Å². The monoisotopic (exact) mass is 412 g/mol. The Morgan fingerprint density at radius 3 is 2.70 bits per heavy atom. The molecule has 0 aliphatic carbocycles. The van der Waals surface area contributed by atoms with Gasteiger partial charge in [0, 0.05) is 22.9 Å². The van der Waals surface area contributed by atoms with Crippen LogP contribution in [0, 0.1) is 5.82 Å². The number of hydrogen-bond donors (Lipinski definition) is 1. The maximum absolute atomic E-state index is 13.5. The molecule has 0 atom stereocenters. The van der Waals surface area contributed by atoms with Crippen molar-refractivity contribution >= 4 is 17.6 Å². The van der Waals surface area contributed by atoms with Crippen molar-refractivity contribution < 1.29 is 28.3 Å². The Balaban J connectivity index is 1.85. The third-order valence-corrected chi connectivity index (χ3v) is 4.66. The van der Waals surface area contributed by atoms with E-state index >= 15 is 0 Å². The van der Waals surface area contributed by atoms with Gasteiger partial charge in [0.2, 0.25) is 11.7 Å². The molecule has 1 N–H and O–H groups in total. The molecule has 1 aliphatic heterocycles. The number of rotatable bonds is 6. The first-order valence-electron chi connectivity index (χ1n) is 8.97. The number of furan rings is 1. The van der Waals surface area contributed by atoms with E-state index in [-0.39, 0.29) is 41.7 Å². The van der Waals surface area contributed by atoms with Crippen LogP contribution in [0.25, 0.3) is 10.4 Å². The highest BCUT2D eigenvalue weighted by Crippen LogP contribution is 2.25. The highest BCUT2D eigenvalue weighted by Gasteiger charge is 2.36. The first-order valence-corrected chi connectivity index (χ1v) is 8.97. The summed E-state index contributed by atoms with van der Waals surface area (Å²) in [7, 11) is 0.